The van der Waals surface area contributed by atoms with Crippen LogP contribution < -0.4 is 4.74 Å². The molecule has 15 heavy (non-hydrogen) atoms. The topological polar surface area (TPSA) is 46.2 Å². The third kappa shape index (κ3) is 1.77. The number of ether oxygens (including phenoxy) is 1. The summed E-state index contributed by atoms with van der Waals surface area (Å²) in [7, 11) is 0. The Morgan fingerprint density at radius 2 is 2.20 bits per heavy atom. The zero-order valence-corrected chi connectivity index (χ0v) is 8.62. The molecule has 0 radical (unpaired) electrons. The first-order valence-corrected chi connectivity index (χ1v) is 5.00. The van der Waals surface area contributed by atoms with Crippen LogP contribution >= 0.6 is 11.6 Å². The minimum absolute atomic E-state index is 0.196. The van der Waals surface area contributed by atoms with Crippen LogP contribution in [0.5, 0.6) is 5.75 Å². The lowest BCUT2D eigenvalue weighted by Crippen LogP contribution is -1.98. The first-order chi connectivity index (χ1) is 7.36. The summed E-state index contributed by atoms with van der Waals surface area (Å²) in [5.74, 6) is 1.06. The van der Waals surface area contributed by atoms with E-state index in [-0.39, 0.29) is 5.76 Å². The van der Waals surface area contributed by atoms with Crippen molar-refractivity contribution >= 4 is 22.6 Å². The van der Waals surface area contributed by atoms with E-state index in [1.54, 1.807) is 6.07 Å². The van der Waals surface area contributed by atoms with Crippen LogP contribution in [0.2, 0.25) is 0 Å². The first kappa shape index (κ1) is 9.88. The van der Waals surface area contributed by atoms with Gasteiger partial charge in [0.25, 0.3) is 0 Å². The molecular weight excluding hydrogens is 214 g/mol. The minimum atomic E-state index is 0.196. The number of benzene rings is 1. The highest BCUT2D eigenvalue weighted by Gasteiger charge is 2.14. The number of furan rings is 1. The summed E-state index contributed by atoms with van der Waals surface area (Å²) in [5, 5.41) is 9.67. The molecule has 0 amide bonds. The van der Waals surface area contributed by atoms with E-state index in [0.29, 0.717) is 23.8 Å². The van der Waals surface area contributed by atoms with Crippen molar-refractivity contribution in [3.8, 4) is 11.8 Å². The molecule has 0 bridgehead atoms. The van der Waals surface area contributed by atoms with Gasteiger partial charge in [-0.15, -0.1) is 11.6 Å². The maximum absolute atomic E-state index is 8.86. The lowest BCUT2D eigenvalue weighted by molar-refractivity contribution is 0.339. The second-order valence-electron chi connectivity index (χ2n) is 2.91. The van der Waals surface area contributed by atoms with Crippen LogP contribution in [-0.4, -0.2) is 12.5 Å². The van der Waals surface area contributed by atoms with Crippen molar-refractivity contribution in [1.29, 1.82) is 5.26 Å². The number of nitriles is 1. The Bertz CT molecular complexity index is 513. The molecule has 0 aliphatic rings. The zero-order chi connectivity index (χ0) is 10.7. The van der Waals surface area contributed by atoms with Crippen LogP contribution in [0, 0.1) is 11.3 Å². The maximum atomic E-state index is 8.86. The van der Waals surface area contributed by atoms with Crippen molar-refractivity contribution in [2.75, 3.05) is 12.5 Å². The Balaban J connectivity index is 2.53. The van der Waals surface area contributed by atoms with Crippen LogP contribution in [0.25, 0.3) is 11.0 Å². The highest BCUT2D eigenvalue weighted by Crippen LogP contribution is 2.32. The van der Waals surface area contributed by atoms with E-state index in [1.165, 1.54) is 0 Å². The Morgan fingerprint density at radius 3 is 2.93 bits per heavy atom. The molecule has 2 aromatic rings. The molecule has 0 unspecified atom stereocenters. The Kier molecular flexibility index (Phi) is 2.79. The van der Waals surface area contributed by atoms with Crippen LogP contribution in [-0.2, 0) is 0 Å². The Labute approximate surface area is 91.8 Å². The van der Waals surface area contributed by atoms with Gasteiger partial charge in [-0.2, -0.15) is 5.26 Å². The summed E-state index contributed by atoms with van der Waals surface area (Å²) in [6.45, 7) is 0.361. The molecule has 3 nitrogen and oxygen atoms in total. The quantitative estimate of drug-likeness (QED) is 0.749. The first-order valence-electron chi connectivity index (χ1n) is 4.47. The maximum Gasteiger partial charge on any atom is 0.246 e. The number of fused-ring (bicyclic) bond motifs is 1. The smallest absolute Gasteiger partial charge is 0.246 e. The van der Waals surface area contributed by atoms with Crippen molar-refractivity contribution < 1.29 is 9.15 Å². The third-order valence-corrected chi connectivity index (χ3v) is 2.13. The van der Waals surface area contributed by atoms with E-state index in [4.69, 9.17) is 26.0 Å². The van der Waals surface area contributed by atoms with E-state index in [0.717, 1.165) is 5.39 Å². The molecule has 1 aromatic heterocycles. The molecule has 0 fully saturated rings. The molecule has 76 valence electrons. The van der Waals surface area contributed by atoms with Gasteiger partial charge in [-0.3, -0.25) is 0 Å². The second kappa shape index (κ2) is 4.24. The summed E-state index contributed by atoms with van der Waals surface area (Å²) in [6.07, 6.45) is 0. The molecule has 0 saturated carbocycles. The van der Waals surface area contributed by atoms with E-state index in [2.05, 4.69) is 0 Å². The highest BCUT2D eigenvalue weighted by molar-refractivity contribution is 6.18. The standard InChI is InChI=1S/C11H8ClNO2/c12-5-6-14-11-8-3-1-2-4-9(8)15-10(11)7-13/h1-4H,5-6H2. The van der Waals surface area contributed by atoms with Gasteiger partial charge in [-0.1, -0.05) is 12.1 Å². The predicted molar refractivity (Wildman–Crippen MR) is 57.1 cm³/mol. The van der Waals surface area contributed by atoms with Crippen LogP contribution in [0.1, 0.15) is 5.76 Å². The predicted octanol–water partition coefficient (Wildman–Crippen LogP) is 2.92. The van der Waals surface area contributed by atoms with Gasteiger partial charge < -0.3 is 9.15 Å². The fourth-order valence-corrected chi connectivity index (χ4v) is 1.46. The van der Waals surface area contributed by atoms with Crippen molar-refractivity contribution in [3.63, 3.8) is 0 Å². The van der Waals surface area contributed by atoms with Crippen molar-refractivity contribution in [2.24, 2.45) is 0 Å². The van der Waals surface area contributed by atoms with Crippen LogP contribution in [0.15, 0.2) is 28.7 Å². The Morgan fingerprint density at radius 1 is 1.40 bits per heavy atom. The van der Waals surface area contributed by atoms with Gasteiger partial charge in [0.1, 0.15) is 18.3 Å². The molecular formula is C11H8ClNO2. The minimum Gasteiger partial charge on any atom is -0.487 e. The number of hydrogen-bond acceptors (Lipinski definition) is 3. The summed E-state index contributed by atoms with van der Waals surface area (Å²) >= 11 is 5.53. The van der Waals surface area contributed by atoms with Crippen LogP contribution in [0.4, 0.5) is 0 Å². The zero-order valence-electron chi connectivity index (χ0n) is 7.87. The molecule has 0 atom stereocenters. The fraction of sp³-hybridized carbons (Fsp3) is 0.182. The third-order valence-electron chi connectivity index (χ3n) is 1.98. The average molecular weight is 222 g/mol. The number of para-hydroxylation sites is 1. The SMILES string of the molecule is N#Cc1oc2ccccc2c1OCCCl. The number of rotatable bonds is 3. The fourth-order valence-electron chi connectivity index (χ4n) is 1.38. The van der Waals surface area contributed by atoms with Gasteiger partial charge in [0, 0.05) is 0 Å². The molecule has 0 N–H and O–H groups in total. The molecule has 0 spiro atoms. The van der Waals surface area contributed by atoms with E-state index in [1.807, 2.05) is 24.3 Å². The van der Waals surface area contributed by atoms with Gasteiger partial charge in [0.2, 0.25) is 5.76 Å². The molecule has 1 heterocycles. The molecule has 0 aliphatic heterocycles. The molecule has 0 aliphatic carbocycles. The van der Waals surface area contributed by atoms with E-state index in [9.17, 15) is 0 Å². The average Bonchev–Trinajstić information content (AvgIpc) is 2.64. The lowest BCUT2D eigenvalue weighted by atomic mass is 10.2. The van der Waals surface area contributed by atoms with Gasteiger partial charge in [-0.05, 0) is 12.1 Å². The lowest BCUT2D eigenvalue weighted by Gasteiger charge is -2.00. The summed E-state index contributed by atoms with van der Waals surface area (Å²) in [4.78, 5) is 0. The number of halogens is 1. The monoisotopic (exact) mass is 221 g/mol. The van der Waals surface area contributed by atoms with E-state index < -0.39 is 0 Å². The van der Waals surface area contributed by atoms with Gasteiger partial charge in [0.05, 0.1) is 11.3 Å². The molecule has 2 rings (SSSR count). The Hall–Kier alpha value is -1.66. The second-order valence-corrected chi connectivity index (χ2v) is 3.28. The highest BCUT2D eigenvalue weighted by atomic mass is 35.5. The van der Waals surface area contributed by atoms with Crippen molar-refractivity contribution in [1.82, 2.24) is 0 Å². The van der Waals surface area contributed by atoms with Crippen molar-refractivity contribution in [2.45, 2.75) is 0 Å². The number of alkyl halides is 1. The van der Waals surface area contributed by atoms with Gasteiger partial charge >= 0.3 is 0 Å². The number of nitrogens with zero attached hydrogens (tertiary/aromatic N) is 1. The summed E-state index contributed by atoms with van der Waals surface area (Å²) in [6, 6.07) is 9.32. The molecule has 1 aromatic carbocycles. The normalized spacial score (nSPS) is 10.1. The van der Waals surface area contributed by atoms with E-state index >= 15 is 0 Å². The molecule has 0 saturated heterocycles. The van der Waals surface area contributed by atoms with Gasteiger partial charge in [-0.25, -0.2) is 0 Å². The summed E-state index contributed by atoms with van der Waals surface area (Å²) in [5.41, 5.74) is 0.652. The number of hydrogen-bond donors (Lipinski definition) is 0. The summed E-state index contributed by atoms with van der Waals surface area (Å²) < 4.78 is 10.7. The van der Waals surface area contributed by atoms with Gasteiger partial charge in [0.15, 0.2) is 5.75 Å². The van der Waals surface area contributed by atoms with Crippen molar-refractivity contribution in [3.05, 3.63) is 30.0 Å². The largest absolute Gasteiger partial charge is 0.487 e. The van der Waals surface area contributed by atoms with Crippen LogP contribution in [0.3, 0.4) is 0 Å². The molecule has 4 heteroatoms.